The van der Waals surface area contributed by atoms with Crippen molar-refractivity contribution in [2.75, 3.05) is 7.05 Å². The summed E-state index contributed by atoms with van der Waals surface area (Å²) in [6, 6.07) is 4.96. The first kappa shape index (κ1) is 12.4. The van der Waals surface area contributed by atoms with Crippen LogP contribution < -0.4 is 5.32 Å². The molecule has 0 aliphatic carbocycles. The molecule has 1 heterocycles. The van der Waals surface area contributed by atoms with Gasteiger partial charge < -0.3 is 5.32 Å². The zero-order valence-corrected chi connectivity index (χ0v) is 10.7. The fraction of sp³-hybridized carbons (Fsp3) is 0.273. The maximum absolute atomic E-state index is 13.7. The van der Waals surface area contributed by atoms with Gasteiger partial charge in [0.1, 0.15) is 5.82 Å². The Morgan fingerprint density at radius 1 is 1.53 bits per heavy atom. The lowest BCUT2D eigenvalue weighted by Gasteiger charge is -2.14. The Morgan fingerprint density at radius 3 is 3.00 bits per heavy atom. The Balaban J connectivity index is 2.22. The van der Waals surface area contributed by atoms with Gasteiger partial charge in [-0.15, -0.1) is 0 Å². The van der Waals surface area contributed by atoms with E-state index in [1.807, 2.05) is 7.05 Å². The summed E-state index contributed by atoms with van der Waals surface area (Å²) >= 11 is 6.89. The van der Waals surface area contributed by atoms with Gasteiger partial charge in [0.25, 0.3) is 0 Å². The van der Waals surface area contributed by atoms with Crippen LogP contribution in [0.2, 0.25) is 5.02 Å². The Bertz CT molecular complexity index is 489. The molecule has 1 unspecified atom stereocenters. The van der Waals surface area contributed by atoms with Crippen LogP contribution in [0.25, 0.3) is 0 Å². The average molecular weight is 272 g/mol. The van der Waals surface area contributed by atoms with E-state index in [9.17, 15) is 4.39 Å². The second-order valence-corrected chi connectivity index (χ2v) is 4.55. The van der Waals surface area contributed by atoms with Crippen LogP contribution in [0.4, 0.5) is 4.39 Å². The van der Waals surface area contributed by atoms with E-state index < -0.39 is 0 Å². The first-order valence-corrected chi connectivity index (χ1v) is 6.21. The molecule has 0 amide bonds. The number of nitrogens with one attached hydrogen (secondary N) is 1. The van der Waals surface area contributed by atoms with Crippen LogP contribution in [0.3, 0.4) is 0 Å². The van der Waals surface area contributed by atoms with E-state index in [2.05, 4.69) is 14.1 Å². The molecule has 0 fully saturated rings. The molecule has 0 saturated carbocycles. The third kappa shape index (κ3) is 2.80. The summed E-state index contributed by atoms with van der Waals surface area (Å²) in [5.74, 6) is -0.363. The highest BCUT2D eigenvalue weighted by Gasteiger charge is 2.16. The largest absolute Gasteiger partial charge is 0.311 e. The van der Waals surface area contributed by atoms with E-state index in [1.165, 1.54) is 0 Å². The summed E-state index contributed by atoms with van der Waals surface area (Å²) < 4.78 is 21.8. The third-order valence-electron chi connectivity index (χ3n) is 2.54. The second-order valence-electron chi connectivity index (χ2n) is 3.59. The van der Waals surface area contributed by atoms with Crippen molar-refractivity contribution < 1.29 is 4.39 Å². The topological polar surface area (TPSA) is 37.8 Å². The number of halogens is 2. The summed E-state index contributed by atoms with van der Waals surface area (Å²) in [6.45, 7) is 0. The quantitative estimate of drug-likeness (QED) is 0.929. The van der Waals surface area contributed by atoms with Gasteiger partial charge in [-0.05, 0) is 25.1 Å². The van der Waals surface area contributed by atoms with Crippen molar-refractivity contribution in [3.8, 4) is 0 Å². The smallest absolute Gasteiger partial charge is 0.145 e. The summed E-state index contributed by atoms with van der Waals surface area (Å²) in [7, 11) is 1.81. The number of benzene rings is 1. The monoisotopic (exact) mass is 271 g/mol. The molecule has 2 rings (SSSR count). The van der Waals surface area contributed by atoms with E-state index in [0.717, 1.165) is 17.4 Å². The molecular weight excluding hydrogens is 261 g/mol. The molecule has 6 heteroatoms. The summed E-state index contributed by atoms with van der Waals surface area (Å²) in [5, 5.41) is 3.24. The Hall–Kier alpha value is -1.04. The van der Waals surface area contributed by atoms with Crippen molar-refractivity contribution >= 4 is 23.3 Å². The highest BCUT2D eigenvalue weighted by molar-refractivity contribution is 6.99. The molecule has 0 radical (unpaired) electrons. The molecule has 1 aromatic heterocycles. The fourth-order valence-corrected chi connectivity index (χ4v) is 2.27. The van der Waals surface area contributed by atoms with Crippen LogP contribution in [0.1, 0.15) is 17.3 Å². The predicted molar refractivity (Wildman–Crippen MR) is 66.8 cm³/mol. The van der Waals surface area contributed by atoms with E-state index in [0.29, 0.717) is 12.0 Å². The van der Waals surface area contributed by atoms with Gasteiger partial charge in [-0.1, -0.05) is 23.7 Å². The maximum Gasteiger partial charge on any atom is 0.145 e. The molecule has 1 atom stereocenters. The van der Waals surface area contributed by atoms with Crippen molar-refractivity contribution in [2.45, 2.75) is 12.5 Å². The highest BCUT2D eigenvalue weighted by Crippen LogP contribution is 2.23. The number of aromatic nitrogens is 2. The molecule has 0 aliphatic heterocycles. The van der Waals surface area contributed by atoms with Gasteiger partial charge in [-0.2, -0.15) is 8.75 Å². The molecule has 0 spiro atoms. The van der Waals surface area contributed by atoms with Crippen molar-refractivity contribution in [1.82, 2.24) is 14.1 Å². The second kappa shape index (κ2) is 5.53. The van der Waals surface area contributed by atoms with Crippen LogP contribution in [-0.2, 0) is 6.42 Å². The molecule has 90 valence electrons. The number of rotatable bonds is 4. The Kier molecular flexibility index (Phi) is 4.04. The highest BCUT2D eigenvalue weighted by atomic mass is 35.5. The van der Waals surface area contributed by atoms with Gasteiger partial charge in [-0.3, -0.25) is 0 Å². The van der Waals surface area contributed by atoms with E-state index in [-0.39, 0.29) is 16.9 Å². The van der Waals surface area contributed by atoms with Crippen molar-refractivity contribution in [3.63, 3.8) is 0 Å². The summed E-state index contributed by atoms with van der Waals surface area (Å²) in [5.41, 5.74) is 1.39. The molecular formula is C11H11ClFN3S. The minimum Gasteiger partial charge on any atom is -0.311 e. The fourth-order valence-electron chi connectivity index (χ4n) is 1.61. The maximum atomic E-state index is 13.7. The average Bonchev–Trinajstić information content (AvgIpc) is 2.85. The van der Waals surface area contributed by atoms with E-state index in [4.69, 9.17) is 11.6 Å². The number of hydrogen-bond acceptors (Lipinski definition) is 4. The third-order valence-corrected chi connectivity index (χ3v) is 3.32. The predicted octanol–water partition coefficient (Wildman–Crippen LogP) is 2.83. The number of nitrogens with zero attached hydrogens (tertiary/aromatic N) is 2. The molecule has 2 aromatic rings. The minimum atomic E-state index is -0.363. The lowest BCUT2D eigenvalue weighted by atomic mass is 10.0. The lowest BCUT2D eigenvalue weighted by Crippen LogP contribution is -2.19. The summed E-state index contributed by atoms with van der Waals surface area (Å²) in [4.78, 5) is 0. The zero-order valence-electron chi connectivity index (χ0n) is 9.15. The molecule has 1 aromatic carbocycles. The Morgan fingerprint density at radius 2 is 2.35 bits per heavy atom. The molecule has 0 saturated heterocycles. The van der Waals surface area contributed by atoms with Crippen LogP contribution in [0, 0.1) is 5.82 Å². The van der Waals surface area contributed by atoms with Gasteiger partial charge in [0.15, 0.2) is 0 Å². The van der Waals surface area contributed by atoms with Crippen molar-refractivity contribution in [2.24, 2.45) is 0 Å². The number of hydrogen-bond donors (Lipinski definition) is 1. The number of likely N-dealkylation sites (N-methyl/N-ethyl adjacent to an activating group) is 1. The molecule has 0 bridgehead atoms. The minimum absolute atomic E-state index is 0.0540. The molecule has 3 nitrogen and oxygen atoms in total. The van der Waals surface area contributed by atoms with Crippen LogP contribution in [0.5, 0.6) is 0 Å². The van der Waals surface area contributed by atoms with E-state index >= 15 is 0 Å². The molecule has 0 aliphatic rings. The zero-order chi connectivity index (χ0) is 12.3. The van der Waals surface area contributed by atoms with Gasteiger partial charge in [0.2, 0.25) is 0 Å². The van der Waals surface area contributed by atoms with Crippen LogP contribution >= 0.6 is 23.3 Å². The standard InChI is InChI=1S/C11H11ClFN3S/c1-14-9(10-6-15-17-16-10)5-7-3-2-4-8(12)11(7)13/h2-4,6,9,14H,5H2,1H3. The normalized spacial score (nSPS) is 12.6. The van der Waals surface area contributed by atoms with Gasteiger partial charge in [0, 0.05) is 0 Å². The van der Waals surface area contributed by atoms with Crippen LogP contribution in [-0.4, -0.2) is 15.8 Å². The van der Waals surface area contributed by atoms with Gasteiger partial charge in [-0.25, -0.2) is 4.39 Å². The molecule has 1 N–H and O–H groups in total. The van der Waals surface area contributed by atoms with Crippen molar-refractivity contribution in [1.29, 1.82) is 0 Å². The SMILES string of the molecule is CNC(Cc1cccc(Cl)c1F)c1cnsn1. The van der Waals surface area contributed by atoms with Gasteiger partial charge in [0.05, 0.1) is 34.7 Å². The Labute approximate surface area is 108 Å². The van der Waals surface area contributed by atoms with Crippen molar-refractivity contribution in [3.05, 3.63) is 46.5 Å². The first-order valence-electron chi connectivity index (χ1n) is 5.10. The van der Waals surface area contributed by atoms with Crippen LogP contribution in [0.15, 0.2) is 24.4 Å². The van der Waals surface area contributed by atoms with E-state index in [1.54, 1.807) is 24.4 Å². The first-order chi connectivity index (χ1) is 8.22. The van der Waals surface area contributed by atoms with Gasteiger partial charge >= 0.3 is 0 Å². The lowest BCUT2D eigenvalue weighted by molar-refractivity contribution is 0.548. The summed E-state index contributed by atoms with van der Waals surface area (Å²) in [6.07, 6.45) is 2.18. The molecule has 17 heavy (non-hydrogen) atoms.